The van der Waals surface area contributed by atoms with Gasteiger partial charge in [-0.1, -0.05) is 30.3 Å². The molecule has 0 spiro atoms. The Labute approximate surface area is 149 Å². The van der Waals surface area contributed by atoms with Crippen LogP contribution in [0.2, 0.25) is 0 Å². The SMILES string of the molecule is O=C(Cn1nc2ccccc2n1)NCCOc1cccc2cccnc12. The van der Waals surface area contributed by atoms with Gasteiger partial charge in [0.1, 0.15) is 35.5 Å². The zero-order chi connectivity index (χ0) is 17.8. The van der Waals surface area contributed by atoms with Crippen LogP contribution in [0, 0.1) is 0 Å². The van der Waals surface area contributed by atoms with Crippen molar-refractivity contribution >= 4 is 27.8 Å². The summed E-state index contributed by atoms with van der Waals surface area (Å²) >= 11 is 0. The molecule has 1 amide bonds. The van der Waals surface area contributed by atoms with Gasteiger partial charge in [-0.15, -0.1) is 0 Å². The maximum Gasteiger partial charge on any atom is 0.243 e. The van der Waals surface area contributed by atoms with Crippen LogP contribution in [0.15, 0.2) is 60.8 Å². The molecule has 0 radical (unpaired) electrons. The predicted octanol–water partition coefficient (Wildman–Crippen LogP) is 2.17. The summed E-state index contributed by atoms with van der Waals surface area (Å²) in [5, 5.41) is 12.4. The number of hydrogen-bond acceptors (Lipinski definition) is 5. The fourth-order valence-electron chi connectivity index (χ4n) is 2.70. The minimum Gasteiger partial charge on any atom is -0.489 e. The molecule has 2 heterocycles. The number of nitrogens with zero attached hydrogens (tertiary/aromatic N) is 4. The first-order valence-electron chi connectivity index (χ1n) is 8.33. The van der Waals surface area contributed by atoms with Crippen LogP contribution in [0.5, 0.6) is 5.75 Å². The van der Waals surface area contributed by atoms with Crippen molar-refractivity contribution in [1.29, 1.82) is 0 Å². The first-order valence-corrected chi connectivity index (χ1v) is 8.33. The van der Waals surface area contributed by atoms with Crippen molar-refractivity contribution in [2.24, 2.45) is 0 Å². The van der Waals surface area contributed by atoms with E-state index in [4.69, 9.17) is 4.74 Å². The van der Waals surface area contributed by atoms with Gasteiger partial charge in [-0.25, -0.2) is 0 Å². The molecule has 0 unspecified atom stereocenters. The average Bonchev–Trinajstić information content (AvgIpc) is 3.07. The molecule has 2 aromatic heterocycles. The average molecular weight is 347 g/mol. The second-order valence-corrected chi connectivity index (χ2v) is 5.75. The monoisotopic (exact) mass is 347 g/mol. The van der Waals surface area contributed by atoms with E-state index in [0.717, 1.165) is 21.9 Å². The van der Waals surface area contributed by atoms with Crippen LogP contribution in [-0.2, 0) is 11.3 Å². The molecule has 4 aromatic rings. The predicted molar refractivity (Wildman–Crippen MR) is 97.8 cm³/mol. The van der Waals surface area contributed by atoms with E-state index < -0.39 is 0 Å². The number of aromatic nitrogens is 4. The summed E-state index contributed by atoms with van der Waals surface area (Å²) in [7, 11) is 0. The molecular formula is C19H17N5O2. The van der Waals surface area contributed by atoms with E-state index in [9.17, 15) is 4.79 Å². The number of benzene rings is 2. The van der Waals surface area contributed by atoms with E-state index in [-0.39, 0.29) is 12.5 Å². The Morgan fingerprint density at radius 3 is 2.58 bits per heavy atom. The number of para-hydroxylation sites is 1. The van der Waals surface area contributed by atoms with Gasteiger partial charge in [0.25, 0.3) is 0 Å². The van der Waals surface area contributed by atoms with Crippen LogP contribution in [0.4, 0.5) is 0 Å². The molecule has 130 valence electrons. The van der Waals surface area contributed by atoms with E-state index in [1.807, 2.05) is 54.6 Å². The largest absolute Gasteiger partial charge is 0.489 e. The quantitative estimate of drug-likeness (QED) is 0.541. The molecule has 7 nitrogen and oxygen atoms in total. The van der Waals surface area contributed by atoms with Crippen LogP contribution >= 0.6 is 0 Å². The standard InChI is InChI=1S/C19H17N5O2/c25-18(13-24-22-15-7-1-2-8-16(15)23-24)20-11-12-26-17-9-3-5-14-6-4-10-21-19(14)17/h1-10H,11-13H2,(H,20,25). The Bertz CT molecular complexity index is 1020. The van der Waals surface area contributed by atoms with Crippen molar-refractivity contribution in [2.75, 3.05) is 13.2 Å². The molecule has 0 bridgehead atoms. The van der Waals surface area contributed by atoms with Crippen molar-refractivity contribution < 1.29 is 9.53 Å². The second-order valence-electron chi connectivity index (χ2n) is 5.75. The lowest BCUT2D eigenvalue weighted by atomic mass is 10.2. The molecule has 1 N–H and O–H groups in total. The number of rotatable bonds is 6. The smallest absolute Gasteiger partial charge is 0.243 e. The normalized spacial score (nSPS) is 10.9. The summed E-state index contributed by atoms with van der Waals surface area (Å²) in [6, 6.07) is 17.2. The molecular weight excluding hydrogens is 330 g/mol. The number of pyridine rings is 1. The summed E-state index contributed by atoms with van der Waals surface area (Å²) in [4.78, 5) is 17.8. The minimum absolute atomic E-state index is 0.0739. The molecule has 4 rings (SSSR count). The minimum atomic E-state index is -0.162. The first kappa shape index (κ1) is 16.0. The summed E-state index contributed by atoms with van der Waals surface area (Å²) in [5.41, 5.74) is 2.35. The summed E-state index contributed by atoms with van der Waals surface area (Å²) in [6.45, 7) is 0.823. The summed E-state index contributed by atoms with van der Waals surface area (Å²) in [5.74, 6) is 0.544. The highest BCUT2D eigenvalue weighted by molar-refractivity contribution is 5.84. The third-order valence-corrected chi connectivity index (χ3v) is 3.89. The molecule has 0 aliphatic carbocycles. The molecule has 0 saturated heterocycles. The van der Waals surface area contributed by atoms with E-state index >= 15 is 0 Å². The number of nitrogens with one attached hydrogen (secondary N) is 1. The molecule has 7 heteroatoms. The number of amides is 1. The van der Waals surface area contributed by atoms with Gasteiger partial charge in [0.15, 0.2) is 0 Å². The molecule has 26 heavy (non-hydrogen) atoms. The summed E-state index contributed by atoms with van der Waals surface area (Å²) in [6.07, 6.45) is 1.73. The zero-order valence-corrected chi connectivity index (χ0v) is 14.0. The van der Waals surface area contributed by atoms with Crippen LogP contribution in [0.1, 0.15) is 0 Å². The van der Waals surface area contributed by atoms with Crippen molar-refractivity contribution in [3.8, 4) is 5.75 Å². The van der Waals surface area contributed by atoms with Gasteiger partial charge in [0.05, 0.1) is 6.54 Å². The Balaban J connectivity index is 1.29. The van der Waals surface area contributed by atoms with Gasteiger partial charge in [-0.05, 0) is 24.3 Å². The highest BCUT2D eigenvalue weighted by Gasteiger charge is 2.07. The number of carbonyl (C=O) groups is 1. The van der Waals surface area contributed by atoms with Crippen LogP contribution in [0.25, 0.3) is 21.9 Å². The number of carbonyl (C=O) groups excluding carboxylic acids is 1. The number of hydrogen-bond donors (Lipinski definition) is 1. The lowest BCUT2D eigenvalue weighted by Gasteiger charge is -2.09. The van der Waals surface area contributed by atoms with Crippen LogP contribution in [-0.4, -0.2) is 39.0 Å². The van der Waals surface area contributed by atoms with Gasteiger partial charge in [0, 0.05) is 11.6 Å². The van der Waals surface area contributed by atoms with Crippen molar-refractivity contribution in [3.05, 3.63) is 60.8 Å². The lowest BCUT2D eigenvalue weighted by molar-refractivity contribution is -0.122. The third-order valence-electron chi connectivity index (χ3n) is 3.89. The molecule has 0 aliphatic heterocycles. The maximum absolute atomic E-state index is 12.0. The van der Waals surface area contributed by atoms with E-state index in [1.54, 1.807) is 6.20 Å². The molecule has 0 saturated carbocycles. The van der Waals surface area contributed by atoms with E-state index in [0.29, 0.717) is 18.9 Å². The maximum atomic E-state index is 12.0. The Morgan fingerprint density at radius 1 is 1.00 bits per heavy atom. The fraction of sp³-hybridized carbons (Fsp3) is 0.158. The van der Waals surface area contributed by atoms with Gasteiger partial charge in [0.2, 0.25) is 5.91 Å². The summed E-state index contributed by atoms with van der Waals surface area (Å²) < 4.78 is 5.75. The topological polar surface area (TPSA) is 81.9 Å². The van der Waals surface area contributed by atoms with E-state index in [1.165, 1.54) is 4.80 Å². The van der Waals surface area contributed by atoms with Crippen LogP contribution in [0.3, 0.4) is 0 Å². The third kappa shape index (κ3) is 3.46. The fourth-order valence-corrected chi connectivity index (χ4v) is 2.70. The Morgan fingerprint density at radius 2 is 1.77 bits per heavy atom. The van der Waals surface area contributed by atoms with Gasteiger partial charge < -0.3 is 10.1 Å². The molecule has 0 atom stereocenters. The molecule has 0 aliphatic rings. The zero-order valence-electron chi connectivity index (χ0n) is 14.0. The Hall–Kier alpha value is -3.48. The number of fused-ring (bicyclic) bond motifs is 2. The van der Waals surface area contributed by atoms with Crippen molar-refractivity contribution in [2.45, 2.75) is 6.54 Å². The molecule has 0 fully saturated rings. The van der Waals surface area contributed by atoms with Gasteiger partial charge >= 0.3 is 0 Å². The van der Waals surface area contributed by atoms with Gasteiger partial charge in [-0.3, -0.25) is 9.78 Å². The second kappa shape index (κ2) is 7.18. The van der Waals surface area contributed by atoms with E-state index in [2.05, 4.69) is 20.5 Å². The van der Waals surface area contributed by atoms with Crippen molar-refractivity contribution in [1.82, 2.24) is 25.3 Å². The first-order chi connectivity index (χ1) is 12.8. The Kier molecular flexibility index (Phi) is 4.42. The number of ether oxygens (including phenoxy) is 1. The van der Waals surface area contributed by atoms with Crippen LogP contribution < -0.4 is 10.1 Å². The van der Waals surface area contributed by atoms with Crippen molar-refractivity contribution in [3.63, 3.8) is 0 Å². The highest BCUT2D eigenvalue weighted by Crippen LogP contribution is 2.22. The molecule has 2 aromatic carbocycles. The highest BCUT2D eigenvalue weighted by atomic mass is 16.5. The van der Waals surface area contributed by atoms with Gasteiger partial charge in [-0.2, -0.15) is 15.0 Å². The lowest BCUT2D eigenvalue weighted by Crippen LogP contribution is -2.31.